The first kappa shape index (κ1) is 28.8. The van der Waals surface area contributed by atoms with E-state index >= 15 is 0 Å². The summed E-state index contributed by atoms with van der Waals surface area (Å²) in [6, 6.07) is 19.1. The normalized spacial score (nSPS) is 16.5. The number of ketones is 1. The van der Waals surface area contributed by atoms with Gasteiger partial charge in [-0.3, -0.25) is 19.8 Å². The van der Waals surface area contributed by atoms with Crippen LogP contribution in [0.4, 0.5) is 18.9 Å². The van der Waals surface area contributed by atoms with Crippen molar-refractivity contribution in [3.8, 4) is 0 Å². The zero-order valence-corrected chi connectivity index (χ0v) is 22.6. The van der Waals surface area contributed by atoms with E-state index in [0.29, 0.717) is 23.4 Å². The van der Waals surface area contributed by atoms with E-state index in [0.717, 1.165) is 11.6 Å². The molecule has 1 aliphatic heterocycles. The first-order valence-corrected chi connectivity index (χ1v) is 13.5. The first-order chi connectivity index (χ1) is 19.5. The van der Waals surface area contributed by atoms with Crippen molar-refractivity contribution < 1.29 is 28.0 Å². The number of fused-ring (bicyclic) bond motifs is 1. The number of β-amino-alcohol motifs (C(OH)–C–C–N with tert-alkyl or cyclic N) is 1. The van der Waals surface area contributed by atoms with Crippen LogP contribution in [0, 0.1) is 16.0 Å². The molecule has 1 unspecified atom stereocenters. The van der Waals surface area contributed by atoms with E-state index in [9.17, 15) is 33.2 Å². The van der Waals surface area contributed by atoms with Gasteiger partial charge in [-0.25, -0.2) is 0 Å². The smallest absolute Gasteiger partial charge is 0.375 e. The summed E-state index contributed by atoms with van der Waals surface area (Å²) in [6.45, 7) is -0.197. The molecule has 7 nitrogen and oxygen atoms in total. The summed E-state index contributed by atoms with van der Waals surface area (Å²) in [6.07, 6.45) is -3.11. The third-order valence-electron chi connectivity index (χ3n) is 7.73. The molecule has 1 aromatic heterocycles. The predicted molar refractivity (Wildman–Crippen MR) is 149 cm³/mol. The number of alkyl halides is 3. The van der Waals surface area contributed by atoms with Crippen LogP contribution in [0.5, 0.6) is 0 Å². The van der Waals surface area contributed by atoms with Crippen molar-refractivity contribution in [2.75, 3.05) is 19.6 Å². The fourth-order valence-corrected chi connectivity index (χ4v) is 5.61. The summed E-state index contributed by atoms with van der Waals surface area (Å²) < 4.78 is 45.6. The molecule has 41 heavy (non-hydrogen) atoms. The van der Waals surface area contributed by atoms with Gasteiger partial charge in [0.25, 0.3) is 5.69 Å². The number of Topliss-reactive ketones (excluding diaryl/α,β-unsaturated/α-hetero) is 1. The Morgan fingerprint density at radius 3 is 2.29 bits per heavy atom. The number of hydrogen-bond acceptors (Lipinski definition) is 5. The van der Waals surface area contributed by atoms with Crippen molar-refractivity contribution >= 4 is 34.0 Å². The topological polar surface area (TPSA) is 88.6 Å². The van der Waals surface area contributed by atoms with Gasteiger partial charge in [0.1, 0.15) is 0 Å². The Morgan fingerprint density at radius 1 is 1.02 bits per heavy atom. The molecule has 1 atom stereocenters. The number of carbonyl (C=O) groups excluding carboxylic acids is 1. The van der Waals surface area contributed by atoms with Gasteiger partial charge in [-0.1, -0.05) is 41.9 Å². The monoisotopic (exact) mass is 585 g/mol. The van der Waals surface area contributed by atoms with E-state index < -0.39 is 23.2 Å². The van der Waals surface area contributed by atoms with E-state index in [1.165, 1.54) is 27.8 Å². The lowest BCUT2D eigenvalue weighted by Crippen LogP contribution is -2.52. The van der Waals surface area contributed by atoms with Gasteiger partial charge in [-0.05, 0) is 61.8 Å². The molecule has 0 radical (unpaired) electrons. The van der Waals surface area contributed by atoms with Gasteiger partial charge in [-0.2, -0.15) is 13.2 Å². The average molecular weight is 586 g/mol. The van der Waals surface area contributed by atoms with Crippen molar-refractivity contribution in [1.29, 1.82) is 0 Å². The number of nitro groups is 1. The third kappa shape index (κ3) is 5.86. The molecular weight excluding hydrogens is 559 g/mol. The number of non-ortho nitro benzene ring substituents is 1. The number of aromatic nitrogens is 1. The van der Waals surface area contributed by atoms with Gasteiger partial charge in [0.2, 0.25) is 5.60 Å². The van der Waals surface area contributed by atoms with E-state index in [1.54, 1.807) is 48.5 Å². The Balaban J connectivity index is 1.44. The van der Waals surface area contributed by atoms with Gasteiger partial charge in [0.15, 0.2) is 5.78 Å². The lowest BCUT2D eigenvalue weighted by atomic mass is 9.87. The highest BCUT2D eigenvalue weighted by Crippen LogP contribution is 2.44. The molecule has 0 spiro atoms. The number of benzene rings is 3. The van der Waals surface area contributed by atoms with Crippen LogP contribution in [0.1, 0.15) is 34.3 Å². The zero-order valence-electron chi connectivity index (χ0n) is 21.9. The minimum absolute atomic E-state index is 0.0826. The molecule has 1 saturated heterocycles. The van der Waals surface area contributed by atoms with Crippen LogP contribution in [0.3, 0.4) is 0 Å². The lowest BCUT2D eigenvalue weighted by Gasteiger charge is -2.38. The fourth-order valence-electron chi connectivity index (χ4n) is 5.49. The van der Waals surface area contributed by atoms with Crippen molar-refractivity contribution in [3.05, 3.63) is 111 Å². The molecule has 0 bridgehead atoms. The zero-order chi connectivity index (χ0) is 29.4. The second-order valence-corrected chi connectivity index (χ2v) is 10.8. The highest BCUT2D eigenvalue weighted by atomic mass is 35.5. The summed E-state index contributed by atoms with van der Waals surface area (Å²) in [4.78, 5) is 25.3. The Kier molecular flexibility index (Phi) is 7.91. The second-order valence-electron chi connectivity index (χ2n) is 10.4. The maximum Gasteiger partial charge on any atom is 0.422 e. The number of nitro benzene ring substituents is 1. The molecule has 4 aromatic rings. The van der Waals surface area contributed by atoms with Gasteiger partial charge < -0.3 is 9.67 Å². The van der Waals surface area contributed by atoms with E-state index in [1.807, 2.05) is 6.07 Å². The largest absolute Gasteiger partial charge is 0.422 e. The van der Waals surface area contributed by atoms with Crippen molar-refractivity contribution in [1.82, 2.24) is 9.47 Å². The molecule has 1 N–H and O–H groups in total. The summed E-state index contributed by atoms with van der Waals surface area (Å²) in [5.41, 5.74) is -2.39. The van der Waals surface area contributed by atoms with Gasteiger partial charge in [-0.15, -0.1) is 0 Å². The number of rotatable bonds is 8. The number of aliphatic hydroxyl groups is 1. The number of carbonyl (C=O) groups is 1. The molecule has 0 saturated carbocycles. The lowest BCUT2D eigenvalue weighted by molar-refractivity contribution is -0.384. The number of piperidine rings is 1. The number of nitrogens with zero attached hydrogens (tertiary/aromatic N) is 3. The standard InChI is InChI=1S/C30H27ClF3N3O4/c31-23-8-6-21(7-9-23)28(38)22-12-14-35(15-13-22)19-29(39,30(32,33)34)26-18-36(17-20-4-2-1-3-5-20)27-16-24(37(40)41)10-11-25(26)27/h1-11,16,18,22,39H,12-15,17,19H2. The van der Waals surface area contributed by atoms with Gasteiger partial charge in [0.05, 0.1) is 10.4 Å². The first-order valence-electron chi connectivity index (χ1n) is 13.1. The molecule has 1 fully saturated rings. The Bertz CT molecular complexity index is 1570. The summed E-state index contributed by atoms with van der Waals surface area (Å²) in [5.74, 6) is -0.433. The number of likely N-dealkylation sites (tertiary alicyclic amines) is 1. The quantitative estimate of drug-likeness (QED) is 0.143. The highest BCUT2D eigenvalue weighted by Gasteiger charge is 2.57. The third-order valence-corrected chi connectivity index (χ3v) is 7.98. The molecule has 2 heterocycles. The van der Waals surface area contributed by atoms with E-state index in [-0.39, 0.29) is 53.5 Å². The van der Waals surface area contributed by atoms with Crippen LogP contribution < -0.4 is 0 Å². The van der Waals surface area contributed by atoms with E-state index in [4.69, 9.17) is 11.6 Å². The molecule has 0 amide bonds. The Morgan fingerprint density at radius 2 is 1.68 bits per heavy atom. The van der Waals surface area contributed by atoms with Crippen LogP contribution in [-0.2, 0) is 12.1 Å². The van der Waals surface area contributed by atoms with Crippen molar-refractivity contribution in [3.63, 3.8) is 0 Å². The molecular formula is C30H27ClF3N3O4. The van der Waals surface area contributed by atoms with Crippen LogP contribution in [0.2, 0.25) is 5.02 Å². The van der Waals surface area contributed by atoms with Crippen LogP contribution in [0.15, 0.2) is 79.0 Å². The second kappa shape index (κ2) is 11.3. The highest BCUT2D eigenvalue weighted by molar-refractivity contribution is 6.30. The maximum absolute atomic E-state index is 14.7. The van der Waals surface area contributed by atoms with Crippen molar-refractivity contribution in [2.45, 2.75) is 31.2 Å². The molecule has 214 valence electrons. The minimum Gasteiger partial charge on any atom is -0.375 e. The molecule has 1 aliphatic rings. The molecule has 3 aromatic carbocycles. The van der Waals surface area contributed by atoms with E-state index in [2.05, 4.69) is 0 Å². The summed E-state index contributed by atoms with van der Waals surface area (Å²) in [5, 5.41) is 23.4. The summed E-state index contributed by atoms with van der Waals surface area (Å²) in [7, 11) is 0. The maximum atomic E-state index is 14.7. The van der Waals surface area contributed by atoms with Crippen molar-refractivity contribution in [2.24, 2.45) is 5.92 Å². The van der Waals surface area contributed by atoms with Crippen LogP contribution in [-0.4, -0.2) is 51.1 Å². The molecule has 5 rings (SSSR count). The predicted octanol–water partition coefficient (Wildman–Crippen LogP) is 6.60. The molecule has 0 aliphatic carbocycles. The van der Waals surface area contributed by atoms with Gasteiger partial charge in [0, 0.05) is 58.9 Å². The number of halogens is 4. The van der Waals surface area contributed by atoms with Crippen LogP contribution >= 0.6 is 11.6 Å². The minimum atomic E-state index is -5.05. The SMILES string of the molecule is O=C(c1ccc(Cl)cc1)C1CCN(CC(O)(c2cn(Cc3ccccc3)c3cc([N+](=O)[O-])ccc23)C(F)(F)F)CC1. The average Bonchev–Trinajstić information content (AvgIpc) is 3.31. The summed E-state index contributed by atoms with van der Waals surface area (Å²) >= 11 is 5.90. The fraction of sp³-hybridized carbons (Fsp3) is 0.300. The Hall–Kier alpha value is -3.73. The van der Waals surface area contributed by atoms with Gasteiger partial charge >= 0.3 is 6.18 Å². The Labute approximate surface area is 238 Å². The number of hydrogen-bond donors (Lipinski definition) is 1. The van der Waals surface area contributed by atoms with Crippen LogP contribution in [0.25, 0.3) is 10.9 Å². The molecule has 11 heteroatoms.